The van der Waals surface area contributed by atoms with Gasteiger partial charge in [-0.15, -0.1) is 0 Å². The number of ether oxygens (including phenoxy) is 1. The summed E-state index contributed by atoms with van der Waals surface area (Å²) in [6, 6.07) is 7.81. The number of nitrogens with one attached hydrogen (secondary N) is 2. The highest BCUT2D eigenvalue weighted by Crippen LogP contribution is 2.28. The van der Waals surface area contributed by atoms with Gasteiger partial charge in [-0.3, -0.25) is 4.79 Å². The largest absolute Gasteiger partial charge is 0.495 e. The molecular weight excluding hydrogens is 419 g/mol. The maximum atomic E-state index is 13.3. The van der Waals surface area contributed by atoms with Gasteiger partial charge in [0.15, 0.2) is 0 Å². The van der Waals surface area contributed by atoms with Crippen LogP contribution in [0.3, 0.4) is 0 Å². The molecule has 0 spiro atoms. The number of benzene rings is 2. The molecule has 0 radical (unpaired) electrons. The van der Waals surface area contributed by atoms with Crippen molar-refractivity contribution in [2.75, 3.05) is 12.4 Å². The average Bonchev–Trinajstić information content (AvgIpc) is 2.70. The monoisotopic (exact) mass is 440 g/mol. The Bertz CT molecular complexity index is 1010. The molecular formula is C20H22ClFN2O4S. The van der Waals surface area contributed by atoms with Crippen molar-refractivity contribution < 1.29 is 22.3 Å². The Hall–Kier alpha value is -2.16. The summed E-state index contributed by atoms with van der Waals surface area (Å²) in [6.07, 6.45) is 4.63. The summed E-state index contributed by atoms with van der Waals surface area (Å²) in [7, 11) is -2.50. The number of hydrogen-bond donors (Lipinski definition) is 2. The van der Waals surface area contributed by atoms with Crippen molar-refractivity contribution in [2.24, 2.45) is 0 Å². The van der Waals surface area contributed by atoms with Gasteiger partial charge in [-0.1, -0.05) is 30.9 Å². The highest BCUT2D eigenvalue weighted by atomic mass is 35.5. The molecule has 3 rings (SSSR count). The molecule has 2 aromatic carbocycles. The van der Waals surface area contributed by atoms with Crippen LogP contribution < -0.4 is 14.8 Å². The zero-order chi connectivity index (χ0) is 21.0. The Kier molecular flexibility index (Phi) is 6.77. The Morgan fingerprint density at radius 3 is 2.52 bits per heavy atom. The van der Waals surface area contributed by atoms with Crippen LogP contribution in [0.25, 0.3) is 0 Å². The molecule has 9 heteroatoms. The van der Waals surface area contributed by atoms with E-state index in [1.807, 2.05) is 0 Å². The van der Waals surface area contributed by atoms with Gasteiger partial charge in [-0.05, 0) is 49.2 Å². The summed E-state index contributed by atoms with van der Waals surface area (Å²) in [5, 5.41) is 2.45. The third kappa shape index (κ3) is 5.26. The number of carbonyl (C=O) groups excluding carboxylic acids is 1. The first kappa shape index (κ1) is 21.5. The van der Waals surface area contributed by atoms with Crippen molar-refractivity contribution in [1.82, 2.24) is 4.72 Å². The Labute approximate surface area is 174 Å². The van der Waals surface area contributed by atoms with E-state index >= 15 is 0 Å². The summed E-state index contributed by atoms with van der Waals surface area (Å²) < 4.78 is 47.0. The normalized spacial score (nSPS) is 15.1. The zero-order valence-corrected chi connectivity index (χ0v) is 17.4. The van der Waals surface area contributed by atoms with E-state index in [0.717, 1.165) is 38.2 Å². The molecule has 0 aromatic heterocycles. The minimum absolute atomic E-state index is 0.102. The van der Waals surface area contributed by atoms with E-state index in [-0.39, 0.29) is 27.3 Å². The summed E-state index contributed by atoms with van der Waals surface area (Å²) >= 11 is 5.73. The van der Waals surface area contributed by atoms with Gasteiger partial charge in [0.1, 0.15) is 16.5 Å². The van der Waals surface area contributed by atoms with Crippen LogP contribution in [0, 0.1) is 5.82 Å². The SMILES string of the molecule is COc1ccc(C(=O)Nc2ccc(F)c(Cl)c2)cc1S(=O)(=O)NC1CCCCC1. The number of halogens is 2. The van der Waals surface area contributed by atoms with E-state index < -0.39 is 21.7 Å². The number of amides is 1. The minimum atomic E-state index is -3.87. The molecule has 0 heterocycles. The molecule has 156 valence electrons. The second kappa shape index (κ2) is 9.11. The topological polar surface area (TPSA) is 84.5 Å². The third-order valence-electron chi connectivity index (χ3n) is 4.82. The first-order chi connectivity index (χ1) is 13.8. The van der Waals surface area contributed by atoms with Gasteiger partial charge in [0.05, 0.1) is 12.1 Å². The summed E-state index contributed by atoms with van der Waals surface area (Å²) in [5.41, 5.74) is 0.414. The quantitative estimate of drug-likeness (QED) is 0.699. The highest BCUT2D eigenvalue weighted by molar-refractivity contribution is 7.89. The van der Waals surface area contributed by atoms with E-state index in [9.17, 15) is 17.6 Å². The molecule has 0 unspecified atom stereocenters. The van der Waals surface area contributed by atoms with Crippen LogP contribution in [-0.4, -0.2) is 27.5 Å². The van der Waals surface area contributed by atoms with Crippen molar-refractivity contribution >= 4 is 33.2 Å². The molecule has 29 heavy (non-hydrogen) atoms. The van der Waals surface area contributed by atoms with Gasteiger partial charge in [-0.2, -0.15) is 0 Å². The van der Waals surface area contributed by atoms with Crippen molar-refractivity contribution in [3.8, 4) is 5.75 Å². The predicted molar refractivity (Wildman–Crippen MR) is 110 cm³/mol. The molecule has 1 fully saturated rings. The Morgan fingerprint density at radius 1 is 1.14 bits per heavy atom. The fourth-order valence-electron chi connectivity index (χ4n) is 3.31. The molecule has 1 aliphatic carbocycles. The number of rotatable bonds is 6. The van der Waals surface area contributed by atoms with Crippen LogP contribution in [-0.2, 0) is 10.0 Å². The lowest BCUT2D eigenvalue weighted by Gasteiger charge is -2.23. The molecule has 0 aliphatic heterocycles. The Balaban J connectivity index is 1.85. The molecule has 0 saturated heterocycles. The summed E-state index contributed by atoms with van der Waals surface area (Å²) in [4.78, 5) is 12.5. The van der Waals surface area contributed by atoms with E-state index in [1.165, 1.54) is 37.4 Å². The van der Waals surface area contributed by atoms with Crippen LogP contribution in [0.2, 0.25) is 5.02 Å². The molecule has 1 amide bonds. The molecule has 0 atom stereocenters. The number of hydrogen-bond acceptors (Lipinski definition) is 4. The summed E-state index contributed by atoms with van der Waals surface area (Å²) in [5.74, 6) is -1.00. The van der Waals surface area contributed by atoms with Gasteiger partial charge in [0.2, 0.25) is 10.0 Å². The van der Waals surface area contributed by atoms with Crippen molar-refractivity contribution in [3.05, 3.63) is 52.8 Å². The number of anilines is 1. The number of sulfonamides is 1. The second-order valence-corrected chi connectivity index (χ2v) is 8.99. The lowest BCUT2D eigenvalue weighted by molar-refractivity contribution is 0.102. The van der Waals surface area contributed by atoms with E-state index in [0.29, 0.717) is 5.69 Å². The van der Waals surface area contributed by atoms with Gasteiger partial charge in [0, 0.05) is 17.3 Å². The van der Waals surface area contributed by atoms with Crippen LogP contribution in [0.1, 0.15) is 42.5 Å². The van der Waals surface area contributed by atoms with Crippen LogP contribution in [0.5, 0.6) is 5.75 Å². The van der Waals surface area contributed by atoms with E-state index in [4.69, 9.17) is 16.3 Å². The van der Waals surface area contributed by atoms with Gasteiger partial charge in [-0.25, -0.2) is 17.5 Å². The smallest absolute Gasteiger partial charge is 0.255 e. The van der Waals surface area contributed by atoms with Crippen LogP contribution >= 0.6 is 11.6 Å². The fraction of sp³-hybridized carbons (Fsp3) is 0.350. The fourth-order valence-corrected chi connectivity index (χ4v) is 4.99. The maximum Gasteiger partial charge on any atom is 0.255 e. The maximum absolute atomic E-state index is 13.3. The van der Waals surface area contributed by atoms with E-state index in [2.05, 4.69) is 10.0 Å². The predicted octanol–water partition coefficient (Wildman–Crippen LogP) is 4.35. The average molecular weight is 441 g/mol. The van der Waals surface area contributed by atoms with Crippen molar-refractivity contribution in [3.63, 3.8) is 0 Å². The number of carbonyl (C=O) groups is 1. The Morgan fingerprint density at radius 2 is 1.86 bits per heavy atom. The standard InChI is InChI=1S/C20H22ClFN2O4S/c1-28-18-10-7-13(20(25)23-15-8-9-17(22)16(21)12-15)11-19(18)29(26,27)24-14-5-3-2-4-6-14/h7-12,14,24H,2-6H2,1H3,(H,23,25). The third-order valence-corrected chi connectivity index (χ3v) is 6.65. The van der Waals surface area contributed by atoms with Gasteiger partial charge < -0.3 is 10.1 Å². The summed E-state index contributed by atoms with van der Waals surface area (Å²) in [6.45, 7) is 0. The zero-order valence-electron chi connectivity index (χ0n) is 15.9. The first-order valence-electron chi connectivity index (χ1n) is 9.27. The van der Waals surface area contributed by atoms with Crippen LogP contribution in [0.15, 0.2) is 41.3 Å². The molecule has 1 aliphatic rings. The molecule has 0 bridgehead atoms. The van der Waals surface area contributed by atoms with Crippen molar-refractivity contribution in [2.45, 2.75) is 43.0 Å². The molecule has 2 N–H and O–H groups in total. The van der Waals surface area contributed by atoms with Gasteiger partial charge in [0.25, 0.3) is 5.91 Å². The van der Waals surface area contributed by atoms with Crippen molar-refractivity contribution in [1.29, 1.82) is 0 Å². The van der Waals surface area contributed by atoms with Gasteiger partial charge >= 0.3 is 0 Å². The van der Waals surface area contributed by atoms with E-state index in [1.54, 1.807) is 0 Å². The molecule has 6 nitrogen and oxygen atoms in total. The number of methoxy groups -OCH3 is 1. The molecule has 1 saturated carbocycles. The first-order valence-corrected chi connectivity index (χ1v) is 11.1. The lowest BCUT2D eigenvalue weighted by atomic mass is 9.96. The minimum Gasteiger partial charge on any atom is -0.495 e. The van der Waals surface area contributed by atoms with Crippen LogP contribution in [0.4, 0.5) is 10.1 Å². The second-order valence-electron chi connectivity index (χ2n) is 6.90. The lowest BCUT2D eigenvalue weighted by Crippen LogP contribution is -2.36. The molecule has 2 aromatic rings. The highest BCUT2D eigenvalue weighted by Gasteiger charge is 2.26.